The van der Waals surface area contributed by atoms with Crippen LogP contribution in [0.25, 0.3) is 0 Å². The summed E-state index contributed by atoms with van der Waals surface area (Å²) in [5, 5.41) is 6.16. The third-order valence-electron chi connectivity index (χ3n) is 1.95. The molecule has 0 aliphatic heterocycles. The maximum absolute atomic E-state index is 11.7. The molecule has 2 N–H and O–H groups in total. The molecular formula is C12H24N2O. The number of hydrogen-bond acceptors (Lipinski definition) is 2. The standard InChI is InChI=1S/C12H24N2O/c1-7-8-9(2)13-10(3)11(15)14-12(4,5)6/h7,9-10,13H,1,8H2,2-6H3,(H,14,15). The summed E-state index contributed by atoms with van der Waals surface area (Å²) in [7, 11) is 0. The molecule has 15 heavy (non-hydrogen) atoms. The highest BCUT2D eigenvalue weighted by Crippen LogP contribution is 2.00. The van der Waals surface area contributed by atoms with Crippen molar-refractivity contribution in [1.29, 1.82) is 0 Å². The minimum absolute atomic E-state index is 0.0402. The lowest BCUT2D eigenvalue weighted by Crippen LogP contribution is -2.51. The first-order valence-electron chi connectivity index (χ1n) is 5.45. The van der Waals surface area contributed by atoms with Crippen LogP contribution in [0.1, 0.15) is 41.0 Å². The molecule has 0 heterocycles. The van der Waals surface area contributed by atoms with Crippen molar-refractivity contribution in [3.05, 3.63) is 12.7 Å². The van der Waals surface area contributed by atoms with Gasteiger partial charge in [-0.3, -0.25) is 4.79 Å². The summed E-state index contributed by atoms with van der Waals surface area (Å²) in [6, 6.07) is 0.113. The van der Waals surface area contributed by atoms with Gasteiger partial charge in [-0.1, -0.05) is 6.08 Å². The third kappa shape index (κ3) is 7.14. The monoisotopic (exact) mass is 212 g/mol. The highest BCUT2D eigenvalue weighted by molar-refractivity contribution is 5.81. The van der Waals surface area contributed by atoms with Crippen LogP contribution in [0.5, 0.6) is 0 Å². The summed E-state index contributed by atoms with van der Waals surface area (Å²) in [5.41, 5.74) is -0.172. The van der Waals surface area contributed by atoms with Crippen LogP contribution >= 0.6 is 0 Å². The first-order valence-corrected chi connectivity index (χ1v) is 5.45. The van der Waals surface area contributed by atoms with Crippen LogP contribution in [-0.2, 0) is 4.79 Å². The van der Waals surface area contributed by atoms with Gasteiger partial charge >= 0.3 is 0 Å². The molecular weight excluding hydrogens is 188 g/mol. The molecule has 2 atom stereocenters. The van der Waals surface area contributed by atoms with Crippen molar-refractivity contribution in [2.75, 3.05) is 0 Å². The van der Waals surface area contributed by atoms with Crippen LogP contribution < -0.4 is 10.6 Å². The number of nitrogens with one attached hydrogen (secondary N) is 2. The normalized spacial score (nSPS) is 15.5. The molecule has 2 unspecified atom stereocenters. The molecule has 0 aromatic rings. The molecule has 0 aliphatic carbocycles. The van der Waals surface area contributed by atoms with Crippen LogP contribution in [0, 0.1) is 0 Å². The Kier molecular flexibility index (Phi) is 5.58. The molecule has 0 bridgehead atoms. The zero-order chi connectivity index (χ0) is 12.1. The predicted octanol–water partition coefficient (Wildman–Crippen LogP) is 1.84. The summed E-state index contributed by atoms with van der Waals surface area (Å²) in [5.74, 6) is 0.0402. The fraction of sp³-hybridized carbons (Fsp3) is 0.750. The van der Waals surface area contributed by atoms with Crippen molar-refractivity contribution in [3.63, 3.8) is 0 Å². The smallest absolute Gasteiger partial charge is 0.237 e. The number of carbonyl (C=O) groups is 1. The molecule has 0 spiro atoms. The van der Waals surface area contributed by atoms with Crippen molar-refractivity contribution in [2.45, 2.75) is 58.7 Å². The largest absolute Gasteiger partial charge is 0.350 e. The molecule has 0 fully saturated rings. The Hall–Kier alpha value is -0.830. The third-order valence-corrected chi connectivity index (χ3v) is 1.95. The first kappa shape index (κ1) is 14.2. The van der Waals surface area contributed by atoms with Crippen molar-refractivity contribution in [3.8, 4) is 0 Å². The minimum atomic E-state index is -0.172. The first-order chi connectivity index (χ1) is 6.76. The van der Waals surface area contributed by atoms with Gasteiger partial charge in [-0.15, -0.1) is 6.58 Å². The maximum atomic E-state index is 11.7. The summed E-state index contributed by atoms with van der Waals surface area (Å²) < 4.78 is 0. The van der Waals surface area contributed by atoms with Crippen molar-refractivity contribution in [1.82, 2.24) is 10.6 Å². The SMILES string of the molecule is C=CCC(C)NC(C)C(=O)NC(C)(C)C. The fourth-order valence-corrected chi connectivity index (χ4v) is 1.30. The number of rotatable bonds is 5. The Bertz CT molecular complexity index is 218. The van der Waals surface area contributed by atoms with Gasteiger partial charge in [0, 0.05) is 11.6 Å². The quantitative estimate of drug-likeness (QED) is 0.683. The molecule has 0 aliphatic rings. The van der Waals surface area contributed by atoms with Gasteiger partial charge < -0.3 is 10.6 Å². The molecule has 0 saturated carbocycles. The van der Waals surface area contributed by atoms with Gasteiger partial charge in [0.25, 0.3) is 0 Å². The molecule has 88 valence electrons. The topological polar surface area (TPSA) is 41.1 Å². The van der Waals surface area contributed by atoms with E-state index in [2.05, 4.69) is 17.2 Å². The van der Waals surface area contributed by atoms with E-state index in [-0.39, 0.29) is 23.5 Å². The van der Waals surface area contributed by atoms with E-state index in [9.17, 15) is 4.79 Å². The lowest BCUT2D eigenvalue weighted by Gasteiger charge is -2.25. The summed E-state index contributed by atoms with van der Waals surface area (Å²) in [6.07, 6.45) is 2.72. The number of hydrogen-bond donors (Lipinski definition) is 2. The summed E-state index contributed by atoms with van der Waals surface area (Å²) >= 11 is 0. The zero-order valence-electron chi connectivity index (χ0n) is 10.6. The van der Waals surface area contributed by atoms with Crippen LogP contribution in [0.4, 0.5) is 0 Å². The molecule has 0 radical (unpaired) electrons. The molecule has 0 rings (SSSR count). The van der Waals surface area contributed by atoms with Gasteiger partial charge in [-0.25, -0.2) is 0 Å². The Labute approximate surface area is 93.3 Å². The van der Waals surface area contributed by atoms with E-state index in [0.717, 1.165) is 6.42 Å². The van der Waals surface area contributed by atoms with E-state index < -0.39 is 0 Å². The lowest BCUT2D eigenvalue weighted by atomic mass is 10.1. The fourth-order valence-electron chi connectivity index (χ4n) is 1.30. The molecule has 0 aromatic heterocycles. The van der Waals surface area contributed by atoms with Crippen LogP contribution in [0.15, 0.2) is 12.7 Å². The lowest BCUT2D eigenvalue weighted by molar-refractivity contribution is -0.124. The Morgan fingerprint density at radius 2 is 1.93 bits per heavy atom. The second kappa shape index (κ2) is 5.91. The molecule has 3 nitrogen and oxygen atoms in total. The van der Waals surface area contributed by atoms with Gasteiger partial charge in [0.15, 0.2) is 0 Å². The second-order valence-corrected chi connectivity index (χ2v) is 5.05. The summed E-state index contributed by atoms with van der Waals surface area (Å²) in [6.45, 7) is 13.5. The average Bonchev–Trinajstić information content (AvgIpc) is 2.00. The van der Waals surface area contributed by atoms with E-state index in [1.54, 1.807) is 0 Å². The van der Waals surface area contributed by atoms with Gasteiger partial charge in [-0.05, 0) is 41.0 Å². The zero-order valence-corrected chi connectivity index (χ0v) is 10.6. The van der Waals surface area contributed by atoms with E-state index >= 15 is 0 Å². The van der Waals surface area contributed by atoms with Crippen molar-refractivity contribution in [2.24, 2.45) is 0 Å². The number of carbonyl (C=O) groups excluding carboxylic acids is 1. The van der Waals surface area contributed by atoms with E-state index in [1.165, 1.54) is 0 Å². The van der Waals surface area contributed by atoms with E-state index in [4.69, 9.17) is 0 Å². The Balaban J connectivity index is 4.04. The van der Waals surface area contributed by atoms with Gasteiger partial charge in [0.2, 0.25) is 5.91 Å². The number of amides is 1. The van der Waals surface area contributed by atoms with E-state index in [0.29, 0.717) is 0 Å². The summed E-state index contributed by atoms with van der Waals surface area (Å²) in [4.78, 5) is 11.7. The van der Waals surface area contributed by atoms with Crippen LogP contribution in [-0.4, -0.2) is 23.5 Å². The van der Waals surface area contributed by atoms with Crippen LogP contribution in [0.3, 0.4) is 0 Å². The highest BCUT2D eigenvalue weighted by atomic mass is 16.2. The molecule has 3 heteroatoms. The van der Waals surface area contributed by atoms with Crippen molar-refractivity contribution >= 4 is 5.91 Å². The Morgan fingerprint density at radius 1 is 1.40 bits per heavy atom. The molecule has 0 saturated heterocycles. The average molecular weight is 212 g/mol. The van der Waals surface area contributed by atoms with Gasteiger partial charge in [0.1, 0.15) is 0 Å². The highest BCUT2D eigenvalue weighted by Gasteiger charge is 2.19. The second-order valence-electron chi connectivity index (χ2n) is 5.05. The predicted molar refractivity (Wildman–Crippen MR) is 64.8 cm³/mol. The maximum Gasteiger partial charge on any atom is 0.237 e. The molecule has 1 amide bonds. The van der Waals surface area contributed by atoms with Crippen LogP contribution in [0.2, 0.25) is 0 Å². The Morgan fingerprint density at radius 3 is 2.33 bits per heavy atom. The molecule has 0 aromatic carbocycles. The van der Waals surface area contributed by atoms with Gasteiger partial charge in [-0.2, -0.15) is 0 Å². The van der Waals surface area contributed by atoms with Crippen molar-refractivity contribution < 1.29 is 4.79 Å². The van der Waals surface area contributed by atoms with E-state index in [1.807, 2.05) is 40.7 Å². The van der Waals surface area contributed by atoms with Gasteiger partial charge in [0.05, 0.1) is 6.04 Å². The minimum Gasteiger partial charge on any atom is -0.350 e.